The van der Waals surface area contributed by atoms with Gasteiger partial charge in [-0.15, -0.1) is 0 Å². The molecule has 1 aromatic rings. The Balaban J connectivity index is 1.95. The molecule has 1 heterocycles. The van der Waals surface area contributed by atoms with Crippen molar-refractivity contribution in [3.8, 4) is 0 Å². The fourth-order valence-corrected chi connectivity index (χ4v) is 1.98. The molecule has 1 aromatic carbocycles. The number of hydrogen-bond acceptors (Lipinski definition) is 2. The molecule has 82 valence electrons. The Kier molecular flexibility index (Phi) is 3.56. The van der Waals surface area contributed by atoms with Crippen molar-refractivity contribution in [1.29, 1.82) is 0 Å². The molecule has 1 unspecified atom stereocenters. The number of anilines is 1. The van der Waals surface area contributed by atoms with E-state index in [-0.39, 0.29) is 5.82 Å². The van der Waals surface area contributed by atoms with E-state index < -0.39 is 0 Å². The molecular formula is C12H17FN2. The number of rotatable bonds is 2. The summed E-state index contributed by atoms with van der Waals surface area (Å²) >= 11 is 0. The molecule has 3 heteroatoms. The summed E-state index contributed by atoms with van der Waals surface area (Å²) in [5, 5.41) is 6.74. The molecule has 1 atom stereocenters. The van der Waals surface area contributed by atoms with Gasteiger partial charge in [0.05, 0.1) is 0 Å². The largest absolute Gasteiger partial charge is 0.382 e. The van der Waals surface area contributed by atoms with Crippen LogP contribution in [0.3, 0.4) is 0 Å². The predicted octanol–water partition coefficient (Wildman–Crippen LogP) is 2.38. The van der Waals surface area contributed by atoms with Crippen LogP contribution in [0.1, 0.15) is 19.3 Å². The van der Waals surface area contributed by atoms with Gasteiger partial charge in [-0.2, -0.15) is 0 Å². The van der Waals surface area contributed by atoms with Crippen LogP contribution < -0.4 is 10.6 Å². The minimum absolute atomic E-state index is 0.174. The zero-order chi connectivity index (χ0) is 10.5. The van der Waals surface area contributed by atoms with Crippen molar-refractivity contribution in [2.75, 3.05) is 18.4 Å². The molecule has 0 radical (unpaired) electrons. The first-order valence-corrected chi connectivity index (χ1v) is 5.57. The van der Waals surface area contributed by atoms with Gasteiger partial charge >= 0.3 is 0 Å². The Bertz CT molecular complexity index is 306. The highest BCUT2D eigenvalue weighted by atomic mass is 19.1. The lowest BCUT2D eigenvalue weighted by molar-refractivity contribution is 0.621. The van der Waals surface area contributed by atoms with E-state index in [1.165, 1.54) is 12.5 Å². The molecule has 0 amide bonds. The molecule has 0 aromatic heterocycles. The topological polar surface area (TPSA) is 24.1 Å². The lowest BCUT2D eigenvalue weighted by atomic mass is 10.1. The van der Waals surface area contributed by atoms with E-state index in [1.807, 2.05) is 6.07 Å². The van der Waals surface area contributed by atoms with Gasteiger partial charge in [0.25, 0.3) is 0 Å². The molecule has 1 aliphatic heterocycles. The van der Waals surface area contributed by atoms with Gasteiger partial charge in [0.1, 0.15) is 5.82 Å². The fourth-order valence-electron chi connectivity index (χ4n) is 1.98. The zero-order valence-electron chi connectivity index (χ0n) is 8.80. The van der Waals surface area contributed by atoms with Crippen LogP contribution in [0.25, 0.3) is 0 Å². The van der Waals surface area contributed by atoms with E-state index >= 15 is 0 Å². The monoisotopic (exact) mass is 208 g/mol. The Morgan fingerprint density at radius 2 is 2.20 bits per heavy atom. The van der Waals surface area contributed by atoms with Crippen LogP contribution in [-0.4, -0.2) is 19.1 Å². The number of halogens is 1. The summed E-state index contributed by atoms with van der Waals surface area (Å²) in [5.74, 6) is -0.174. The number of benzene rings is 1. The molecule has 1 saturated heterocycles. The Labute approximate surface area is 89.9 Å². The molecule has 2 nitrogen and oxygen atoms in total. The van der Waals surface area contributed by atoms with Crippen LogP contribution in [0, 0.1) is 5.82 Å². The summed E-state index contributed by atoms with van der Waals surface area (Å²) in [6.07, 6.45) is 3.45. The lowest BCUT2D eigenvalue weighted by Gasteiger charge is -2.17. The lowest BCUT2D eigenvalue weighted by Crippen LogP contribution is -2.21. The highest BCUT2D eigenvalue weighted by Crippen LogP contribution is 2.15. The smallest absolute Gasteiger partial charge is 0.125 e. The van der Waals surface area contributed by atoms with Crippen LogP contribution >= 0.6 is 0 Å². The van der Waals surface area contributed by atoms with Crippen LogP contribution in [0.2, 0.25) is 0 Å². The zero-order valence-corrected chi connectivity index (χ0v) is 8.80. The van der Waals surface area contributed by atoms with Crippen LogP contribution in [0.5, 0.6) is 0 Å². The van der Waals surface area contributed by atoms with Crippen molar-refractivity contribution in [2.45, 2.75) is 25.3 Å². The van der Waals surface area contributed by atoms with Crippen LogP contribution in [0.15, 0.2) is 24.3 Å². The quantitative estimate of drug-likeness (QED) is 0.779. The van der Waals surface area contributed by atoms with Gasteiger partial charge in [0.15, 0.2) is 0 Å². The Morgan fingerprint density at radius 3 is 3.07 bits per heavy atom. The maximum atomic E-state index is 12.9. The van der Waals surface area contributed by atoms with Gasteiger partial charge in [-0.3, -0.25) is 0 Å². The summed E-state index contributed by atoms with van der Waals surface area (Å²) < 4.78 is 12.9. The van der Waals surface area contributed by atoms with Crippen molar-refractivity contribution >= 4 is 5.69 Å². The number of nitrogens with one attached hydrogen (secondary N) is 2. The van der Waals surface area contributed by atoms with Crippen molar-refractivity contribution in [2.24, 2.45) is 0 Å². The van der Waals surface area contributed by atoms with E-state index in [0.717, 1.165) is 31.6 Å². The summed E-state index contributed by atoms with van der Waals surface area (Å²) in [5.41, 5.74) is 0.891. The van der Waals surface area contributed by atoms with Crippen molar-refractivity contribution < 1.29 is 4.39 Å². The molecular weight excluding hydrogens is 191 g/mol. The van der Waals surface area contributed by atoms with Crippen molar-refractivity contribution in [3.63, 3.8) is 0 Å². The predicted molar refractivity (Wildman–Crippen MR) is 60.5 cm³/mol. The van der Waals surface area contributed by atoms with Gasteiger partial charge in [0.2, 0.25) is 0 Å². The summed E-state index contributed by atoms with van der Waals surface area (Å²) in [6, 6.07) is 7.16. The standard InChI is InChI=1S/C12H17FN2/c13-10-3-1-4-12(9-10)15-11-5-2-7-14-8-6-11/h1,3-4,9,11,14-15H,2,5-8H2. The van der Waals surface area contributed by atoms with E-state index in [1.54, 1.807) is 12.1 Å². The molecule has 1 aliphatic rings. The van der Waals surface area contributed by atoms with Gasteiger partial charge in [-0.25, -0.2) is 4.39 Å². The highest BCUT2D eigenvalue weighted by Gasteiger charge is 2.11. The maximum absolute atomic E-state index is 12.9. The second-order valence-electron chi connectivity index (χ2n) is 4.03. The van der Waals surface area contributed by atoms with Crippen molar-refractivity contribution in [1.82, 2.24) is 5.32 Å². The highest BCUT2D eigenvalue weighted by molar-refractivity contribution is 5.43. The minimum atomic E-state index is -0.174. The summed E-state index contributed by atoms with van der Waals surface area (Å²) in [7, 11) is 0. The molecule has 0 aliphatic carbocycles. The first kappa shape index (κ1) is 10.4. The van der Waals surface area contributed by atoms with Crippen LogP contribution in [-0.2, 0) is 0 Å². The first-order valence-electron chi connectivity index (χ1n) is 5.57. The fraction of sp³-hybridized carbons (Fsp3) is 0.500. The molecule has 1 fully saturated rings. The van der Waals surface area contributed by atoms with Gasteiger partial charge in [-0.05, 0) is 50.6 Å². The molecule has 0 spiro atoms. The average molecular weight is 208 g/mol. The third-order valence-corrected chi connectivity index (χ3v) is 2.77. The third-order valence-electron chi connectivity index (χ3n) is 2.77. The van der Waals surface area contributed by atoms with E-state index in [2.05, 4.69) is 10.6 Å². The normalized spacial score (nSPS) is 22.1. The molecule has 15 heavy (non-hydrogen) atoms. The van der Waals surface area contributed by atoms with E-state index in [4.69, 9.17) is 0 Å². The average Bonchev–Trinajstić information content (AvgIpc) is 2.46. The third kappa shape index (κ3) is 3.20. The van der Waals surface area contributed by atoms with E-state index in [9.17, 15) is 4.39 Å². The Hall–Kier alpha value is -1.09. The molecule has 2 N–H and O–H groups in total. The van der Waals surface area contributed by atoms with E-state index in [0.29, 0.717) is 6.04 Å². The van der Waals surface area contributed by atoms with Gasteiger partial charge in [0, 0.05) is 11.7 Å². The number of hydrogen-bond donors (Lipinski definition) is 2. The minimum Gasteiger partial charge on any atom is -0.382 e. The van der Waals surface area contributed by atoms with Crippen LogP contribution in [0.4, 0.5) is 10.1 Å². The summed E-state index contributed by atoms with van der Waals surface area (Å²) in [6.45, 7) is 2.15. The van der Waals surface area contributed by atoms with Crippen molar-refractivity contribution in [3.05, 3.63) is 30.1 Å². The van der Waals surface area contributed by atoms with Gasteiger partial charge in [-0.1, -0.05) is 6.07 Å². The molecule has 0 bridgehead atoms. The first-order chi connectivity index (χ1) is 7.34. The second kappa shape index (κ2) is 5.12. The summed E-state index contributed by atoms with van der Waals surface area (Å²) in [4.78, 5) is 0. The molecule has 2 rings (SSSR count). The SMILES string of the molecule is Fc1cccc(NC2CCCNCC2)c1. The molecule has 0 saturated carbocycles. The second-order valence-corrected chi connectivity index (χ2v) is 4.03. The Morgan fingerprint density at radius 1 is 1.27 bits per heavy atom. The van der Waals surface area contributed by atoms with Gasteiger partial charge < -0.3 is 10.6 Å². The maximum Gasteiger partial charge on any atom is 0.125 e.